The molecule has 2 heterocycles. The van der Waals surface area contributed by atoms with E-state index in [4.69, 9.17) is 27.9 Å². The van der Waals surface area contributed by atoms with E-state index in [1.807, 2.05) is 0 Å². The molecule has 2 aliphatic heterocycles. The van der Waals surface area contributed by atoms with Gasteiger partial charge in [-0.3, -0.25) is 28.9 Å². The summed E-state index contributed by atoms with van der Waals surface area (Å²) in [6.07, 6.45) is 3.58. The fourth-order valence-corrected chi connectivity index (χ4v) is 9.48. The summed E-state index contributed by atoms with van der Waals surface area (Å²) in [5, 5.41) is 10.1. The first-order valence-electron chi connectivity index (χ1n) is 17.7. The lowest BCUT2D eigenvalue weighted by molar-refractivity contribution is -0.125. The summed E-state index contributed by atoms with van der Waals surface area (Å²) in [7, 11) is 1.30. The molecule has 58 heavy (non-hydrogen) atoms. The van der Waals surface area contributed by atoms with Crippen molar-refractivity contribution in [2.24, 2.45) is 23.7 Å². The zero-order chi connectivity index (χ0) is 41.6. The Kier molecular flexibility index (Phi) is 9.35. The summed E-state index contributed by atoms with van der Waals surface area (Å²) in [6.45, 7) is 0. The zero-order valence-electron chi connectivity index (χ0n) is 29.8. The predicted octanol–water partition coefficient (Wildman–Crippen LogP) is 7.64. The van der Waals surface area contributed by atoms with Crippen molar-refractivity contribution < 1.29 is 55.8 Å². The van der Waals surface area contributed by atoms with E-state index in [1.54, 1.807) is 36.4 Å². The number of carbonyl (C=O) groups is 5. The molecule has 0 aromatic heterocycles. The van der Waals surface area contributed by atoms with Gasteiger partial charge in [0.1, 0.15) is 5.69 Å². The molecule has 4 aromatic carbocycles. The van der Waals surface area contributed by atoms with Crippen LogP contribution in [0.3, 0.4) is 0 Å². The topological polar surface area (TPSA) is 121 Å². The van der Waals surface area contributed by atoms with Gasteiger partial charge < -0.3 is 9.84 Å². The molecule has 16 heteroatoms. The maximum atomic E-state index is 15.3. The highest BCUT2D eigenvalue weighted by atomic mass is 35.5. The summed E-state index contributed by atoms with van der Waals surface area (Å²) in [6, 6.07) is 18.4. The summed E-state index contributed by atoms with van der Waals surface area (Å²) >= 11 is 14.3. The van der Waals surface area contributed by atoms with Crippen LogP contribution < -0.4 is 14.5 Å². The third-order valence-electron chi connectivity index (χ3n) is 11.4. The molecule has 9 nitrogen and oxygen atoms in total. The number of fused-ring (bicyclic) bond motifs is 4. The van der Waals surface area contributed by atoms with Gasteiger partial charge in [-0.05, 0) is 60.7 Å². The maximum absolute atomic E-state index is 15.3. The summed E-state index contributed by atoms with van der Waals surface area (Å²) in [5.74, 6) is -22.2. The van der Waals surface area contributed by atoms with Crippen LogP contribution in [0.2, 0.25) is 0 Å². The number of nitrogens with zero attached hydrogens (tertiary/aromatic N) is 2. The van der Waals surface area contributed by atoms with Crippen molar-refractivity contribution >= 4 is 70.1 Å². The lowest BCUT2D eigenvalue weighted by atomic mass is 9.57. The second-order valence-electron chi connectivity index (χ2n) is 14.3. The average molecular weight is 838 g/mol. The molecule has 0 spiro atoms. The predicted molar refractivity (Wildman–Crippen MR) is 200 cm³/mol. The van der Waals surface area contributed by atoms with Gasteiger partial charge in [0.15, 0.2) is 50.3 Å². The number of imide groups is 2. The van der Waals surface area contributed by atoms with E-state index >= 15 is 8.78 Å². The molecule has 8 rings (SSSR count). The second-order valence-corrected chi connectivity index (χ2v) is 15.5. The third kappa shape index (κ3) is 5.44. The number of methoxy groups -OCH3 is 1. The Balaban J connectivity index is 1.22. The first-order chi connectivity index (χ1) is 27.6. The Bertz CT molecular complexity index is 2520. The molecule has 2 saturated heterocycles. The van der Waals surface area contributed by atoms with Crippen LogP contribution in [0.25, 0.3) is 6.08 Å². The lowest BCUT2D eigenvalue weighted by Crippen LogP contribution is -2.60. The van der Waals surface area contributed by atoms with Gasteiger partial charge in [-0.2, -0.15) is 0 Å². The molecule has 3 fully saturated rings. The minimum atomic E-state index is -2.69. The molecule has 296 valence electrons. The smallest absolute Gasteiger partial charge is 0.258 e. The quantitative estimate of drug-likeness (QED) is 0.0387. The molecule has 1 N–H and O–H groups in total. The van der Waals surface area contributed by atoms with Gasteiger partial charge in [0.25, 0.3) is 11.8 Å². The molecule has 4 amide bonds. The molecule has 1 saturated carbocycles. The Morgan fingerprint density at radius 2 is 1.41 bits per heavy atom. The minimum absolute atomic E-state index is 0.0490. The molecule has 4 aliphatic rings. The summed E-state index contributed by atoms with van der Waals surface area (Å²) in [4.78, 5) is 65.6. The van der Waals surface area contributed by atoms with Crippen LogP contribution in [0, 0.1) is 52.8 Å². The van der Waals surface area contributed by atoms with E-state index in [1.165, 1.54) is 61.7 Å². The minimum Gasteiger partial charge on any atom is -0.504 e. The van der Waals surface area contributed by atoms with Crippen molar-refractivity contribution in [3.63, 3.8) is 0 Å². The van der Waals surface area contributed by atoms with Crippen LogP contribution >= 0.6 is 23.2 Å². The van der Waals surface area contributed by atoms with Crippen molar-refractivity contribution in [3.05, 3.63) is 136 Å². The van der Waals surface area contributed by atoms with Crippen molar-refractivity contribution in [2.45, 2.75) is 22.6 Å². The first kappa shape index (κ1) is 39.0. The third-order valence-corrected chi connectivity index (χ3v) is 12.8. The van der Waals surface area contributed by atoms with E-state index in [0.29, 0.717) is 11.1 Å². The lowest BCUT2D eigenvalue weighted by Gasteiger charge is -2.49. The monoisotopic (exact) mass is 836 g/mol. The van der Waals surface area contributed by atoms with E-state index in [2.05, 4.69) is 0 Å². The van der Waals surface area contributed by atoms with Crippen molar-refractivity contribution in [1.29, 1.82) is 0 Å². The van der Waals surface area contributed by atoms with E-state index < -0.39 is 98.2 Å². The van der Waals surface area contributed by atoms with Crippen molar-refractivity contribution in [3.8, 4) is 11.5 Å². The van der Waals surface area contributed by atoms with Crippen molar-refractivity contribution in [1.82, 2.24) is 0 Å². The SMILES string of the molecule is COc1cc(C=C[C@H]2C3=CC[C@@H]4C(=O)N(c5ccc(C(=O)c6ccccc6)cc5)C(=O)[C@@H]4[C@@H]3C[C@@]3(Cl)C(=O)N(c4c(F)c(F)c(F)c(F)c4F)C(=O)[C@@]23Cl)ccc1O. The Morgan fingerprint density at radius 3 is 2.05 bits per heavy atom. The van der Waals surface area contributed by atoms with Crippen LogP contribution in [0.1, 0.15) is 34.3 Å². The van der Waals surface area contributed by atoms with Gasteiger partial charge in [0, 0.05) is 17.0 Å². The van der Waals surface area contributed by atoms with Crippen molar-refractivity contribution in [2.75, 3.05) is 16.9 Å². The number of phenols is 1. The fraction of sp³-hybridized carbons (Fsp3) is 0.214. The highest BCUT2D eigenvalue weighted by Gasteiger charge is 2.76. The zero-order valence-corrected chi connectivity index (χ0v) is 31.3. The van der Waals surface area contributed by atoms with Gasteiger partial charge >= 0.3 is 0 Å². The Labute approximate surface area is 335 Å². The number of amides is 4. The van der Waals surface area contributed by atoms with Gasteiger partial charge in [0.2, 0.25) is 17.6 Å². The second kappa shape index (κ2) is 13.9. The number of carbonyl (C=O) groups excluding carboxylic acids is 5. The van der Waals surface area contributed by atoms with Crippen LogP contribution in [-0.4, -0.2) is 51.4 Å². The van der Waals surface area contributed by atoms with Gasteiger partial charge in [0.05, 0.1) is 24.6 Å². The van der Waals surface area contributed by atoms with E-state index in [0.717, 1.165) is 4.90 Å². The summed E-state index contributed by atoms with van der Waals surface area (Å²) < 4.78 is 78.9. The fourth-order valence-electron chi connectivity index (χ4n) is 8.59. The molecule has 0 bridgehead atoms. The molecule has 6 atom stereocenters. The summed E-state index contributed by atoms with van der Waals surface area (Å²) in [5.41, 5.74) is -0.430. The molecule has 0 unspecified atom stereocenters. The number of ketones is 1. The highest BCUT2D eigenvalue weighted by molar-refractivity contribution is 6.58. The number of alkyl halides is 2. The van der Waals surface area contributed by atoms with Crippen LogP contribution in [0.4, 0.5) is 33.3 Å². The highest BCUT2D eigenvalue weighted by Crippen LogP contribution is 2.64. The number of ether oxygens (including phenoxy) is 1. The Hall–Kier alpha value is -5.86. The van der Waals surface area contributed by atoms with E-state index in [-0.39, 0.29) is 45.4 Å². The number of hydrogen-bond acceptors (Lipinski definition) is 7. The average Bonchev–Trinajstić information content (AvgIpc) is 3.57. The molecule has 4 aromatic rings. The molecular weight excluding hydrogens is 810 g/mol. The van der Waals surface area contributed by atoms with Gasteiger partial charge in [-0.15, -0.1) is 23.2 Å². The largest absolute Gasteiger partial charge is 0.504 e. The number of halogens is 7. The first-order valence-corrected chi connectivity index (χ1v) is 18.4. The number of anilines is 2. The van der Waals surface area contributed by atoms with Crippen LogP contribution in [-0.2, 0) is 19.2 Å². The molecule has 2 aliphatic carbocycles. The van der Waals surface area contributed by atoms with Gasteiger partial charge in [-0.1, -0.05) is 60.2 Å². The number of aromatic hydroxyl groups is 1. The number of hydrogen-bond donors (Lipinski definition) is 1. The maximum Gasteiger partial charge on any atom is 0.258 e. The number of phenolic OH excluding ortho intramolecular Hbond substituents is 1. The van der Waals surface area contributed by atoms with Crippen LogP contribution in [0.15, 0.2) is 90.5 Å². The normalized spacial score (nSPS) is 26.5. The van der Waals surface area contributed by atoms with Gasteiger partial charge in [-0.25, -0.2) is 26.9 Å². The number of allylic oxidation sites excluding steroid dienone is 3. The molecule has 0 radical (unpaired) electrons. The van der Waals surface area contributed by atoms with E-state index in [9.17, 15) is 42.3 Å². The number of benzene rings is 4. The van der Waals surface area contributed by atoms with Crippen LogP contribution in [0.5, 0.6) is 11.5 Å². The molecular formula is C42H27Cl2F5N2O7. The standard InChI is InChI=1S/C42H27Cl2F5N2O7/c1-58-28-17-19(8-16-27(28)52)7-15-26-23-13-14-24-29(38(55)50(37(24)54)22-11-9-21(10-12-22)36(53)20-5-3-2-4-6-20)25(23)18-41(43)39(56)51(40(57)42(26,41)44)35-33(48)31(46)30(45)32(47)34(35)49/h2-13,15-17,24-26,29,52H,14,18H2,1H3/t24-,25+,26-,29-,41+,42-/m0/s1. The Morgan fingerprint density at radius 1 is 0.793 bits per heavy atom. The number of rotatable bonds is 7.